The van der Waals surface area contributed by atoms with Crippen molar-refractivity contribution in [1.82, 2.24) is 4.98 Å². The van der Waals surface area contributed by atoms with Crippen molar-refractivity contribution in [3.63, 3.8) is 0 Å². The van der Waals surface area contributed by atoms with E-state index in [0.29, 0.717) is 0 Å². The normalized spacial score (nSPS) is 12.6. The SMILES string of the molecule is CCCCCCCCCCCCN1C=Cc2nccc3cc(OC)c(OC)c1c23. The summed E-state index contributed by atoms with van der Waals surface area (Å²) in [7, 11) is 3.41. The minimum Gasteiger partial charge on any atom is -0.493 e. The summed E-state index contributed by atoms with van der Waals surface area (Å²) < 4.78 is 11.4. The molecule has 0 spiro atoms. The van der Waals surface area contributed by atoms with Gasteiger partial charge in [-0.25, -0.2) is 0 Å². The van der Waals surface area contributed by atoms with Crippen molar-refractivity contribution in [2.45, 2.75) is 71.1 Å². The van der Waals surface area contributed by atoms with Crippen LogP contribution in [-0.2, 0) is 0 Å². The van der Waals surface area contributed by atoms with Crippen LogP contribution in [-0.4, -0.2) is 25.7 Å². The molecule has 29 heavy (non-hydrogen) atoms. The highest BCUT2D eigenvalue weighted by Crippen LogP contribution is 2.46. The van der Waals surface area contributed by atoms with Crippen LogP contribution in [0, 0.1) is 0 Å². The second-order valence-corrected chi connectivity index (χ2v) is 7.95. The molecule has 0 atom stereocenters. The maximum absolute atomic E-state index is 5.76. The lowest BCUT2D eigenvalue weighted by molar-refractivity contribution is 0.356. The first-order chi connectivity index (χ1) is 14.3. The van der Waals surface area contributed by atoms with E-state index in [2.05, 4.69) is 29.1 Å². The molecule has 1 aliphatic heterocycles. The summed E-state index contributed by atoms with van der Waals surface area (Å²) in [4.78, 5) is 6.86. The number of anilines is 1. The number of benzene rings is 1. The lowest BCUT2D eigenvalue weighted by Gasteiger charge is -2.28. The summed E-state index contributed by atoms with van der Waals surface area (Å²) in [5.74, 6) is 1.57. The van der Waals surface area contributed by atoms with Crippen LogP contribution in [0.4, 0.5) is 5.69 Å². The smallest absolute Gasteiger partial charge is 0.185 e. The summed E-state index contributed by atoms with van der Waals surface area (Å²) in [6.45, 7) is 3.26. The number of hydrogen-bond acceptors (Lipinski definition) is 4. The van der Waals surface area contributed by atoms with Gasteiger partial charge < -0.3 is 14.4 Å². The van der Waals surface area contributed by atoms with E-state index in [1.807, 2.05) is 18.3 Å². The Morgan fingerprint density at radius 1 is 0.897 bits per heavy atom. The molecule has 4 nitrogen and oxygen atoms in total. The van der Waals surface area contributed by atoms with E-state index in [1.165, 1.54) is 64.2 Å². The molecule has 158 valence electrons. The van der Waals surface area contributed by atoms with Gasteiger partial charge in [0.25, 0.3) is 0 Å². The Balaban J connectivity index is 1.57. The molecule has 0 aliphatic carbocycles. The van der Waals surface area contributed by atoms with Gasteiger partial charge in [-0.3, -0.25) is 4.98 Å². The summed E-state index contributed by atoms with van der Waals surface area (Å²) in [6.07, 6.45) is 19.6. The first-order valence-electron chi connectivity index (χ1n) is 11.3. The minimum absolute atomic E-state index is 0.774. The zero-order chi connectivity index (χ0) is 20.5. The van der Waals surface area contributed by atoms with E-state index in [-0.39, 0.29) is 0 Å². The van der Waals surface area contributed by atoms with Crippen LogP contribution >= 0.6 is 0 Å². The first-order valence-corrected chi connectivity index (χ1v) is 11.3. The van der Waals surface area contributed by atoms with Gasteiger partial charge in [0.15, 0.2) is 11.5 Å². The quantitative estimate of drug-likeness (QED) is 0.343. The first kappa shape index (κ1) is 21.5. The van der Waals surface area contributed by atoms with Gasteiger partial charge in [-0.05, 0) is 30.0 Å². The Hall–Kier alpha value is -2.23. The molecule has 0 fully saturated rings. The van der Waals surface area contributed by atoms with Gasteiger partial charge in [-0.2, -0.15) is 0 Å². The van der Waals surface area contributed by atoms with E-state index in [1.54, 1.807) is 14.2 Å². The average Bonchev–Trinajstić information content (AvgIpc) is 2.76. The van der Waals surface area contributed by atoms with Crippen LogP contribution in [0.3, 0.4) is 0 Å². The maximum atomic E-state index is 5.76. The third-order valence-corrected chi connectivity index (χ3v) is 5.85. The van der Waals surface area contributed by atoms with Crippen LogP contribution in [0.2, 0.25) is 0 Å². The van der Waals surface area contributed by atoms with E-state index < -0.39 is 0 Å². The van der Waals surface area contributed by atoms with Crippen molar-refractivity contribution in [3.8, 4) is 11.5 Å². The summed E-state index contributed by atoms with van der Waals surface area (Å²) in [6, 6.07) is 4.09. The zero-order valence-electron chi connectivity index (χ0n) is 18.4. The monoisotopic (exact) mass is 396 g/mol. The summed E-state index contributed by atoms with van der Waals surface area (Å²) in [5, 5.41) is 2.29. The molecule has 0 amide bonds. The number of unbranched alkanes of at least 4 members (excludes halogenated alkanes) is 9. The topological polar surface area (TPSA) is 34.6 Å². The molecule has 1 aromatic heterocycles. The minimum atomic E-state index is 0.774. The van der Waals surface area contributed by atoms with Crippen molar-refractivity contribution in [2.75, 3.05) is 25.7 Å². The second kappa shape index (κ2) is 11.1. The molecule has 2 heterocycles. The molecule has 1 aliphatic rings. The van der Waals surface area contributed by atoms with Crippen LogP contribution in [0.5, 0.6) is 11.5 Å². The number of rotatable bonds is 13. The number of hydrogen-bond donors (Lipinski definition) is 0. The number of nitrogens with zero attached hydrogens (tertiary/aromatic N) is 2. The van der Waals surface area contributed by atoms with Crippen LogP contribution in [0.15, 0.2) is 24.5 Å². The average molecular weight is 397 g/mol. The molecule has 4 heteroatoms. The van der Waals surface area contributed by atoms with Crippen LogP contribution < -0.4 is 14.4 Å². The number of pyridine rings is 1. The van der Waals surface area contributed by atoms with Crippen LogP contribution in [0.1, 0.15) is 76.8 Å². The predicted octanol–water partition coefficient (Wildman–Crippen LogP) is 6.96. The lowest BCUT2D eigenvalue weighted by Crippen LogP contribution is -2.21. The largest absolute Gasteiger partial charge is 0.493 e. The fourth-order valence-electron chi connectivity index (χ4n) is 4.25. The Labute approximate surface area is 175 Å². The van der Waals surface area contributed by atoms with Crippen molar-refractivity contribution in [1.29, 1.82) is 0 Å². The van der Waals surface area contributed by atoms with E-state index in [0.717, 1.165) is 40.2 Å². The third kappa shape index (κ3) is 5.23. The predicted molar refractivity (Wildman–Crippen MR) is 123 cm³/mol. The standard InChI is InChI=1S/C25H36N2O2/c1-4-5-6-7-8-9-10-11-12-13-17-27-18-15-21-23-20(14-16-26-21)19-22(28-2)25(29-3)24(23)27/h14-16,18-19H,4-13,17H2,1-3H3. The lowest BCUT2D eigenvalue weighted by atomic mass is 10.0. The van der Waals surface area contributed by atoms with Crippen molar-refractivity contribution in [3.05, 3.63) is 30.2 Å². The third-order valence-electron chi connectivity index (χ3n) is 5.85. The molecular formula is C25H36N2O2. The van der Waals surface area contributed by atoms with Crippen molar-refractivity contribution < 1.29 is 9.47 Å². The highest BCUT2D eigenvalue weighted by Gasteiger charge is 2.23. The van der Waals surface area contributed by atoms with Crippen molar-refractivity contribution >= 4 is 22.5 Å². The molecule has 0 saturated heterocycles. The molecule has 3 rings (SSSR count). The van der Waals surface area contributed by atoms with Gasteiger partial charge in [0, 0.05) is 24.3 Å². The Bertz CT molecular complexity index is 816. The van der Waals surface area contributed by atoms with Gasteiger partial charge in [-0.15, -0.1) is 0 Å². The molecular weight excluding hydrogens is 360 g/mol. The summed E-state index contributed by atoms with van der Waals surface area (Å²) in [5.41, 5.74) is 2.08. The second-order valence-electron chi connectivity index (χ2n) is 7.95. The molecule has 0 N–H and O–H groups in total. The van der Waals surface area contributed by atoms with Gasteiger partial charge >= 0.3 is 0 Å². The molecule has 0 saturated carbocycles. The summed E-state index contributed by atoms with van der Waals surface area (Å²) >= 11 is 0. The fourth-order valence-corrected chi connectivity index (χ4v) is 4.25. The van der Waals surface area contributed by atoms with Crippen LogP contribution in [0.25, 0.3) is 16.8 Å². The molecule has 1 aromatic carbocycles. The van der Waals surface area contributed by atoms with Gasteiger partial charge in [0.05, 0.1) is 25.6 Å². The number of aromatic nitrogens is 1. The highest BCUT2D eigenvalue weighted by atomic mass is 16.5. The Morgan fingerprint density at radius 3 is 2.24 bits per heavy atom. The molecule has 0 bridgehead atoms. The van der Waals surface area contributed by atoms with E-state index in [9.17, 15) is 0 Å². The van der Waals surface area contributed by atoms with E-state index in [4.69, 9.17) is 9.47 Å². The van der Waals surface area contributed by atoms with Gasteiger partial charge in [0.1, 0.15) is 0 Å². The number of ether oxygens (including phenoxy) is 2. The molecule has 0 unspecified atom stereocenters. The van der Waals surface area contributed by atoms with Crippen molar-refractivity contribution in [2.24, 2.45) is 0 Å². The van der Waals surface area contributed by atoms with Gasteiger partial charge in [0.2, 0.25) is 0 Å². The molecule has 0 radical (unpaired) electrons. The Kier molecular flexibility index (Phi) is 8.21. The van der Waals surface area contributed by atoms with Gasteiger partial charge in [-0.1, -0.05) is 64.7 Å². The number of methoxy groups -OCH3 is 2. The van der Waals surface area contributed by atoms with E-state index >= 15 is 0 Å². The molecule has 2 aromatic rings. The maximum Gasteiger partial charge on any atom is 0.185 e. The highest BCUT2D eigenvalue weighted by molar-refractivity contribution is 6.05. The zero-order valence-corrected chi connectivity index (χ0v) is 18.4. The Morgan fingerprint density at radius 2 is 1.59 bits per heavy atom. The fraction of sp³-hybridized carbons (Fsp3) is 0.560.